The summed E-state index contributed by atoms with van der Waals surface area (Å²) in [5.74, 6) is -0.687. The Labute approximate surface area is 194 Å². The van der Waals surface area contributed by atoms with E-state index in [9.17, 15) is 18.0 Å². The number of hydrogen-bond donors (Lipinski definition) is 2. The van der Waals surface area contributed by atoms with Gasteiger partial charge in [-0.05, 0) is 42.7 Å². The highest BCUT2D eigenvalue weighted by Crippen LogP contribution is 2.25. The molecule has 2 aromatic carbocycles. The number of nitrogens with one attached hydrogen (secondary N) is 1. The van der Waals surface area contributed by atoms with E-state index in [0.29, 0.717) is 12.2 Å². The molecule has 0 aliphatic rings. The Bertz CT molecular complexity index is 1130. The molecule has 0 bridgehead atoms. The predicted octanol–water partition coefficient (Wildman–Crippen LogP) is 1.79. The van der Waals surface area contributed by atoms with Crippen LogP contribution < -0.4 is 15.8 Å². The molecule has 2 amide bonds. The number of nitrogens with two attached hydrogens (primary N) is 1. The van der Waals surface area contributed by atoms with Crippen molar-refractivity contribution in [2.24, 2.45) is 5.73 Å². The van der Waals surface area contributed by atoms with E-state index in [1.165, 1.54) is 6.92 Å². The molecule has 2 atom stereocenters. The van der Waals surface area contributed by atoms with Gasteiger partial charge in [-0.2, -0.15) is 9.57 Å². The number of carbonyl (C=O) groups is 2. The first-order chi connectivity index (χ1) is 15.5. The van der Waals surface area contributed by atoms with Gasteiger partial charge in [0, 0.05) is 6.54 Å². The van der Waals surface area contributed by atoms with Crippen LogP contribution in [0, 0.1) is 11.3 Å². The fourth-order valence-corrected chi connectivity index (χ4v) is 4.26. The summed E-state index contributed by atoms with van der Waals surface area (Å²) in [6.07, 6.45) is 0.648. The van der Waals surface area contributed by atoms with Gasteiger partial charge in [0.05, 0.1) is 25.4 Å². The quantitative estimate of drug-likeness (QED) is 0.510. The minimum absolute atomic E-state index is 0.0419. The smallest absolute Gasteiger partial charge is 0.239 e. The zero-order valence-corrected chi connectivity index (χ0v) is 19.6. The molecule has 9 nitrogen and oxygen atoms in total. The number of sulfonamides is 1. The van der Waals surface area contributed by atoms with Crippen molar-refractivity contribution in [3.05, 3.63) is 54.1 Å². The average molecular weight is 473 g/mol. The van der Waals surface area contributed by atoms with E-state index in [2.05, 4.69) is 5.32 Å². The van der Waals surface area contributed by atoms with E-state index in [4.69, 9.17) is 15.7 Å². The second kappa shape index (κ2) is 11.4. The van der Waals surface area contributed by atoms with Gasteiger partial charge < -0.3 is 15.8 Å². The van der Waals surface area contributed by atoms with Crippen molar-refractivity contribution in [1.82, 2.24) is 9.62 Å². The van der Waals surface area contributed by atoms with E-state index >= 15 is 0 Å². The van der Waals surface area contributed by atoms with Gasteiger partial charge in [-0.1, -0.05) is 36.4 Å². The summed E-state index contributed by atoms with van der Waals surface area (Å²) in [4.78, 5) is 23.6. The Hall–Kier alpha value is -3.42. The highest BCUT2D eigenvalue weighted by Gasteiger charge is 2.30. The van der Waals surface area contributed by atoms with Crippen molar-refractivity contribution in [3.63, 3.8) is 0 Å². The summed E-state index contributed by atoms with van der Waals surface area (Å²) in [5, 5.41) is 11.5. The zero-order valence-electron chi connectivity index (χ0n) is 18.8. The first kappa shape index (κ1) is 25.8. The normalized spacial score (nSPS) is 13.1. The summed E-state index contributed by atoms with van der Waals surface area (Å²) < 4.78 is 31.4. The lowest BCUT2D eigenvalue weighted by Crippen LogP contribution is -2.50. The highest BCUT2D eigenvalue weighted by molar-refractivity contribution is 7.88. The van der Waals surface area contributed by atoms with Crippen LogP contribution in [0.15, 0.2) is 48.5 Å². The Kier molecular flexibility index (Phi) is 8.96. The van der Waals surface area contributed by atoms with E-state index in [1.807, 2.05) is 43.3 Å². The molecule has 10 heteroatoms. The van der Waals surface area contributed by atoms with Crippen molar-refractivity contribution >= 4 is 21.8 Å². The number of ether oxygens (including phenoxy) is 1. The lowest BCUT2D eigenvalue weighted by atomic mass is 10.0. The van der Waals surface area contributed by atoms with E-state index < -0.39 is 33.9 Å². The van der Waals surface area contributed by atoms with Crippen LogP contribution in [0.4, 0.5) is 0 Å². The summed E-state index contributed by atoms with van der Waals surface area (Å²) in [5.41, 5.74) is 7.64. The zero-order chi connectivity index (χ0) is 24.6. The van der Waals surface area contributed by atoms with Crippen LogP contribution in [0.25, 0.3) is 11.1 Å². The van der Waals surface area contributed by atoms with Gasteiger partial charge in [0.2, 0.25) is 21.8 Å². The molecule has 2 rings (SSSR count). The number of hydrogen-bond acceptors (Lipinski definition) is 6. The molecule has 2 aromatic rings. The van der Waals surface area contributed by atoms with Crippen LogP contribution in [0.2, 0.25) is 0 Å². The van der Waals surface area contributed by atoms with Crippen molar-refractivity contribution in [3.8, 4) is 22.9 Å². The predicted molar refractivity (Wildman–Crippen MR) is 124 cm³/mol. The number of amides is 2. The monoisotopic (exact) mass is 472 g/mol. The highest BCUT2D eigenvalue weighted by atomic mass is 32.2. The molecule has 0 heterocycles. The first-order valence-electron chi connectivity index (χ1n) is 10.3. The topological polar surface area (TPSA) is 143 Å². The Morgan fingerprint density at radius 1 is 1.18 bits per heavy atom. The SMILES string of the molecule is CCOc1cccc(-c2ccc(CN([C@@H](C)C(=O)N[C@H](C#N)CC(N)=O)S(C)(=O)=O)cc2)c1. The molecule has 0 aliphatic heterocycles. The average Bonchev–Trinajstić information content (AvgIpc) is 2.76. The largest absolute Gasteiger partial charge is 0.494 e. The Balaban J connectivity index is 2.19. The molecule has 0 unspecified atom stereocenters. The lowest BCUT2D eigenvalue weighted by molar-refractivity contribution is -0.125. The molecule has 0 spiro atoms. The summed E-state index contributed by atoms with van der Waals surface area (Å²) >= 11 is 0. The van der Waals surface area contributed by atoms with Gasteiger partial charge in [0.25, 0.3) is 0 Å². The van der Waals surface area contributed by atoms with Gasteiger partial charge in [-0.3, -0.25) is 9.59 Å². The van der Waals surface area contributed by atoms with Crippen LogP contribution in [-0.4, -0.2) is 49.5 Å². The van der Waals surface area contributed by atoms with Gasteiger partial charge in [0.1, 0.15) is 17.8 Å². The fraction of sp³-hybridized carbons (Fsp3) is 0.348. The second-order valence-corrected chi connectivity index (χ2v) is 9.44. The van der Waals surface area contributed by atoms with E-state index in [0.717, 1.165) is 27.4 Å². The van der Waals surface area contributed by atoms with Crippen molar-refractivity contribution in [2.45, 2.75) is 38.9 Å². The van der Waals surface area contributed by atoms with Crippen LogP contribution in [0.1, 0.15) is 25.8 Å². The molecule has 0 fully saturated rings. The van der Waals surface area contributed by atoms with Crippen LogP contribution in [0.5, 0.6) is 5.75 Å². The minimum atomic E-state index is -3.77. The first-order valence-corrected chi connectivity index (χ1v) is 12.2. The van der Waals surface area contributed by atoms with Crippen molar-refractivity contribution < 1.29 is 22.7 Å². The number of carbonyl (C=O) groups excluding carboxylic acids is 2. The molecule has 0 saturated carbocycles. The number of benzene rings is 2. The van der Waals surface area contributed by atoms with Gasteiger partial charge in [0.15, 0.2) is 0 Å². The number of primary amides is 1. The standard InChI is InChI=1S/C23H28N4O5S/c1-4-32-21-7-5-6-19(12-21)18-10-8-17(9-11-18)15-27(33(3,30)31)16(2)23(29)26-20(14-24)13-22(25)28/h5-12,16,20H,4,13,15H2,1-3H3,(H2,25,28)(H,26,29)/t16-,20-/m0/s1. The van der Waals surface area contributed by atoms with Crippen LogP contribution in [-0.2, 0) is 26.2 Å². The molecule has 176 valence electrons. The Morgan fingerprint density at radius 3 is 2.39 bits per heavy atom. The van der Waals surface area contributed by atoms with E-state index in [-0.39, 0.29) is 13.0 Å². The van der Waals surface area contributed by atoms with Crippen molar-refractivity contribution in [1.29, 1.82) is 5.26 Å². The third-order valence-electron chi connectivity index (χ3n) is 4.89. The Morgan fingerprint density at radius 2 is 1.85 bits per heavy atom. The fourth-order valence-electron chi connectivity index (χ4n) is 3.21. The lowest BCUT2D eigenvalue weighted by Gasteiger charge is -2.27. The molecular weight excluding hydrogens is 444 g/mol. The third kappa shape index (κ3) is 7.59. The maximum absolute atomic E-state index is 12.6. The van der Waals surface area contributed by atoms with Crippen LogP contribution >= 0.6 is 0 Å². The molecular formula is C23H28N4O5S. The van der Waals surface area contributed by atoms with Crippen LogP contribution in [0.3, 0.4) is 0 Å². The molecule has 0 radical (unpaired) electrons. The van der Waals surface area contributed by atoms with E-state index in [1.54, 1.807) is 18.2 Å². The summed E-state index contributed by atoms with van der Waals surface area (Å²) in [6, 6.07) is 14.5. The third-order valence-corrected chi connectivity index (χ3v) is 6.18. The minimum Gasteiger partial charge on any atom is -0.494 e. The van der Waals surface area contributed by atoms with Crippen molar-refractivity contribution in [2.75, 3.05) is 12.9 Å². The number of rotatable bonds is 11. The van der Waals surface area contributed by atoms with Gasteiger partial charge in [-0.15, -0.1) is 0 Å². The molecule has 3 N–H and O–H groups in total. The second-order valence-electron chi connectivity index (χ2n) is 7.50. The number of nitriles is 1. The molecule has 33 heavy (non-hydrogen) atoms. The molecule has 0 aliphatic carbocycles. The molecule has 0 saturated heterocycles. The maximum atomic E-state index is 12.6. The van der Waals surface area contributed by atoms with Gasteiger partial charge >= 0.3 is 0 Å². The molecule has 0 aromatic heterocycles. The van der Waals surface area contributed by atoms with Gasteiger partial charge in [-0.25, -0.2) is 8.42 Å². The summed E-state index contributed by atoms with van der Waals surface area (Å²) in [7, 11) is -3.77. The maximum Gasteiger partial charge on any atom is 0.239 e. The number of nitrogens with zero attached hydrogens (tertiary/aromatic N) is 2. The summed E-state index contributed by atoms with van der Waals surface area (Å²) in [6.45, 7) is 3.85.